The number of rotatable bonds is 8. The highest BCUT2D eigenvalue weighted by atomic mass is 16.5. The first-order chi connectivity index (χ1) is 11.7. The van der Waals surface area contributed by atoms with Gasteiger partial charge < -0.3 is 19.5 Å². The molecule has 0 aliphatic carbocycles. The molecule has 0 spiro atoms. The van der Waals surface area contributed by atoms with Crippen LogP contribution in [-0.2, 0) is 17.8 Å². The zero-order chi connectivity index (χ0) is 17.4. The number of aryl methyl sites for hydroxylation is 1. The van der Waals surface area contributed by atoms with E-state index in [0.717, 1.165) is 11.1 Å². The summed E-state index contributed by atoms with van der Waals surface area (Å²) in [7, 11) is 4.72. The molecule has 24 heavy (non-hydrogen) atoms. The van der Waals surface area contributed by atoms with Crippen LogP contribution in [0, 0.1) is 0 Å². The van der Waals surface area contributed by atoms with Gasteiger partial charge in [0, 0.05) is 37.0 Å². The topological polar surface area (TPSA) is 69.7 Å². The lowest BCUT2D eigenvalue weighted by Crippen LogP contribution is -2.23. The Labute approximate surface area is 141 Å². The molecule has 128 valence electrons. The lowest BCUT2D eigenvalue weighted by atomic mass is 10.1. The number of ether oxygens (including phenoxy) is 3. The van der Waals surface area contributed by atoms with Gasteiger partial charge >= 0.3 is 0 Å². The van der Waals surface area contributed by atoms with E-state index in [0.29, 0.717) is 36.6 Å². The number of nitrogens with zero attached hydrogens (tertiary/aromatic N) is 1. The monoisotopic (exact) mass is 330 g/mol. The van der Waals surface area contributed by atoms with Crippen LogP contribution in [0.15, 0.2) is 36.7 Å². The molecule has 1 amide bonds. The maximum Gasteiger partial charge on any atom is 0.220 e. The molecule has 2 rings (SSSR count). The molecule has 0 fully saturated rings. The highest BCUT2D eigenvalue weighted by Gasteiger charge is 2.12. The summed E-state index contributed by atoms with van der Waals surface area (Å²) in [5, 5.41) is 2.90. The molecule has 0 atom stereocenters. The number of amides is 1. The SMILES string of the molecule is COc1cc(OC)c(OC)cc1CNC(=O)CCc1cccnc1. The summed E-state index contributed by atoms with van der Waals surface area (Å²) in [6.07, 6.45) is 4.54. The first kappa shape index (κ1) is 17.6. The molecule has 1 aromatic carbocycles. The first-order valence-corrected chi connectivity index (χ1v) is 7.62. The normalized spacial score (nSPS) is 10.1. The second-order valence-electron chi connectivity index (χ2n) is 5.16. The number of aromatic nitrogens is 1. The quantitative estimate of drug-likeness (QED) is 0.804. The number of pyridine rings is 1. The van der Waals surface area contributed by atoms with Gasteiger partial charge in [-0.15, -0.1) is 0 Å². The van der Waals surface area contributed by atoms with Gasteiger partial charge in [-0.05, 0) is 24.1 Å². The lowest BCUT2D eigenvalue weighted by molar-refractivity contribution is -0.121. The summed E-state index contributed by atoms with van der Waals surface area (Å²) in [5.74, 6) is 1.79. The molecule has 0 aliphatic heterocycles. The van der Waals surface area contributed by atoms with Crippen molar-refractivity contribution in [2.75, 3.05) is 21.3 Å². The van der Waals surface area contributed by atoms with Crippen molar-refractivity contribution in [2.45, 2.75) is 19.4 Å². The Morgan fingerprint density at radius 1 is 1.08 bits per heavy atom. The van der Waals surface area contributed by atoms with Crippen molar-refractivity contribution in [1.82, 2.24) is 10.3 Å². The van der Waals surface area contributed by atoms with E-state index in [1.54, 1.807) is 45.9 Å². The van der Waals surface area contributed by atoms with Crippen molar-refractivity contribution in [2.24, 2.45) is 0 Å². The second-order valence-corrected chi connectivity index (χ2v) is 5.16. The van der Waals surface area contributed by atoms with Crippen molar-refractivity contribution < 1.29 is 19.0 Å². The van der Waals surface area contributed by atoms with Gasteiger partial charge in [-0.3, -0.25) is 9.78 Å². The third-order valence-electron chi connectivity index (χ3n) is 3.63. The van der Waals surface area contributed by atoms with Gasteiger partial charge in [0.2, 0.25) is 5.91 Å². The standard InChI is InChI=1S/C18H22N2O4/c1-22-15-10-17(24-3)16(23-2)9-14(15)12-20-18(21)7-6-13-5-4-8-19-11-13/h4-5,8-11H,6-7,12H2,1-3H3,(H,20,21). The van der Waals surface area contributed by atoms with Crippen LogP contribution >= 0.6 is 0 Å². The number of hydrogen-bond acceptors (Lipinski definition) is 5. The maximum atomic E-state index is 12.0. The predicted molar refractivity (Wildman–Crippen MR) is 90.5 cm³/mol. The van der Waals surface area contributed by atoms with Crippen LogP contribution in [-0.4, -0.2) is 32.2 Å². The molecule has 6 nitrogen and oxygen atoms in total. The zero-order valence-electron chi connectivity index (χ0n) is 14.2. The number of carbonyl (C=O) groups excluding carboxylic acids is 1. The highest BCUT2D eigenvalue weighted by Crippen LogP contribution is 2.34. The molecular weight excluding hydrogens is 308 g/mol. The maximum absolute atomic E-state index is 12.0. The van der Waals surface area contributed by atoms with E-state index in [1.807, 2.05) is 12.1 Å². The Morgan fingerprint density at radius 2 is 1.79 bits per heavy atom. The molecule has 1 heterocycles. The van der Waals surface area contributed by atoms with E-state index < -0.39 is 0 Å². The van der Waals surface area contributed by atoms with Gasteiger partial charge in [-0.25, -0.2) is 0 Å². The predicted octanol–water partition coefficient (Wildman–Crippen LogP) is 2.36. The van der Waals surface area contributed by atoms with E-state index >= 15 is 0 Å². The molecule has 0 aliphatic rings. The minimum Gasteiger partial charge on any atom is -0.496 e. The summed E-state index contributed by atoms with van der Waals surface area (Å²) in [5.41, 5.74) is 1.86. The van der Waals surface area contributed by atoms with Gasteiger partial charge in [0.05, 0.1) is 21.3 Å². The molecule has 0 radical (unpaired) electrons. The van der Waals surface area contributed by atoms with Gasteiger partial charge in [-0.2, -0.15) is 0 Å². The van der Waals surface area contributed by atoms with Crippen LogP contribution in [0.2, 0.25) is 0 Å². The minimum absolute atomic E-state index is 0.0318. The Balaban J connectivity index is 1.96. The minimum atomic E-state index is -0.0318. The molecule has 1 N–H and O–H groups in total. The van der Waals surface area contributed by atoms with Crippen molar-refractivity contribution in [1.29, 1.82) is 0 Å². The number of hydrogen-bond donors (Lipinski definition) is 1. The van der Waals surface area contributed by atoms with Crippen LogP contribution in [0.4, 0.5) is 0 Å². The number of nitrogens with one attached hydrogen (secondary N) is 1. The molecule has 6 heteroatoms. The average molecular weight is 330 g/mol. The lowest BCUT2D eigenvalue weighted by Gasteiger charge is -2.14. The van der Waals surface area contributed by atoms with Crippen molar-refractivity contribution in [3.8, 4) is 17.2 Å². The van der Waals surface area contributed by atoms with Crippen LogP contribution in [0.25, 0.3) is 0 Å². The summed E-state index contributed by atoms with van der Waals surface area (Å²) < 4.78 is 15.9. The Bertz CT molecular complexity index is 674. The van der Waals surface area contributed by atoms with Crippen molar-refractivity contribution >= 4 is 5.91 Å². The summed E-state index contributed by atoms with van der Waals surface area (Å²) in [4.78, 5) is 16.1. The van der Waals surface area contributed by atoms with E-state index in [1.165, 1.54) is 0 Å². The largest absolute Gasteiger partial charge is 0.496 e. The Morgan fingerprint density at radius 3 is 2.42 bits per heavy atom. The molecule has 0 saturated heterocycles. The van der Waals surface area contributed by atoms with Crippen molar-refractivity contribution in [3.63, 3.8) is 0 Å². The highest BCUT2D eigenvalue weighted by molar-refractivity contribution is 5.76. The number of carbonyl (C=O) groups is 1. The fourth-order valence-corrected chi connectivity index (χ4v) is 2.32. The fourth-order valence-electron chi connectivity index (χ4n) is 2.32. The fraction of sp³-hybridized carbons (Fsp3) is 0.333. The van der Waals surface area contributed by atoms with E-state index in [9.17, 15) is 4.79 Å². The molecular formula is C18H22N2O4. The Kier molecular flexibility index (Phi) is 6.42. The molecule has 0 bridgehead atoms. The average Bonchev–Trinajstić information content (AvgIpc) is 2.64. The van der Waals surface area contributed by atoms with Crippen molar-refractivity contribution in [3.05, 3.63) is 47.8 Å². The van der Waals surface area contributed by atoms with Crippen LogP contribution < -0.4 is 19.5 Å². The van der Waals surface area contributed by atoms with E-state index in [2.05, 4.69) is 10.3 Å². The number of methoxy groups -OCH3 is 3. The van der Waals surface area contributed by atoms with Crippen LogP contribution in [0.5, 0.6) is 17.2 Å². The third-order valence-corrected chi connectivity index (χ3v) is 3.63. The van der Waals surface area contributed by atoms with Gasteiger partial charge in [-0.1, -0.05) is 6.07 Å². The molecule has 0 saturated carbocycles. The molecule has 2 aromatic rings. The first-order valence-electron chi connectivity index (χ1n) is 7.62. The summed E-state index contributed by atoms with van der Waals surface area (Å²) >= 11 is 0. The number of benzene rings is 1. The van der Waals surface area contributed by atoms with Gasteiger partial charge in [0.15, 0.2) is 11.5 Å². The van der Waals surface area contributed by atoms with Gasteiger partial charge in [0.1, 0.15) is 5.75 Å². The third kappa shape index (κ3) is 4.62. The smallest absolute Gasteiger partial charge is 0.220 e. The summed E-state index contributed by atoms with van der Waals surface area (Å²) in [6.45, 7) is 0.357. The van der Waals surface area contributed by atoms with Gasteiger partial charge in [0.25, 0.3) is 0 Å². The molecule has 1 aromatic heterocycles. The van der Waals surface area contributed by atoms with Crippen LogP contribution in [0.3, 0.4) is 0 Å². The second kappa shape index (κ2) is 8.76. The zero-order valence-corrected chi connectivity index (χ0v) is 14.2. The Hall–Kier alpha value is -2.76. The summed E-state index contributed by atoms with van der Waals surface area (Å²) in [6, 6.07) is 7.37. The van der Waals surface area contributed by atoms with Crippen LogP contribution in [0.1, 0.15) is 17.5 Å². The molecule has 0 unspecified atom stereocenters. The van der Waals surface area contributed by atoms with E-state index in [-0.39, 0.29) is 5.91 Å². The van der Waals surface area contributed by atoms with E-state index in [4.69, 9.17) is 14.2 Å².